The van der Waals surface area contributed by atoms with Crippen LogP contribution in [0.15, 0.2) is 6.20 Å². The lowest BCUT2D eigenvalue weighted by Gasteiger charge is -2.29. The van der Waals surface area contributed by atoms with E-state index in [0.29, 0.717) is 18.7 Å². The Labute approximate surface area is 106 Å². The number of nitrogens with one attached hydrogen (secondary N) is 3. The molecule has 0 saturated carbocycles. The number of aliphatic hydroxyl groups is 1. The Morgan fingerprint density at radius 2 is 2.44 bits per heavy atom. The average molecular weight is 253 g/mol. The van der Waals surface area contributed by atoms with E-state index in [9.17, 15) is 9.90 Å². The highest BCUT2D eigenvalue weighted by atomic mass is 16.3. The van der Waals surface area contributed by atoms with E-state index >= 15 is 0 Å². The molecule has 1 aromatic rings. The van der Waals surface area contributed by atoms with Gasteiger partial charge in [0.05, 0.1) is 23.5 Å². The number of carbonyl (C=O) groups excluding carboxylic acids is 1. The van der Waals surface area contributed by atoms with Gasteiger partial charge in [-0.3, -0.25) is 4.68 Å². The summed E-state index contributed by atoms with van der Waals surface area (Å²) in [5.41, 5.74) is 1.43. The van der Waals surface area contributed by atoms with Gasteiger partial charge in [0.25, 0.3) is 0 Å². The van der Waals surface area contributed by atoms with Crippen LogP contribution in [0.4, 0.5) is 10.5 Å². The topological polar surface area (TPSA) is 91.2 Å². The van der Waals surface area contributed by atoms with Crippen LogP contribution in [0, 0.1) is 6.92 Å². The van der Waals surface area contributed by atoms with Crippen LogP contribution in [0.25, 0.3) is 0 Å². The zero-order valence-electron chi connectivity index (χ0n) is 10.6. The minimum absolute atomic E-state index is 0.254. The van der Waals surface area contributed by atoms with Gasteiger partial charge in [0.1, 0.15) is 0 Å². The maximum Gasteiger partial charge on any atom is 0.319 e. The van der Waals surface area contributed by atoms with Crippen molar-refractivity contribution in [2.45, 2.75) is 25.5 Å². The van der Waals surface area contributed by atoms with Crippen molar-refractivity contribution in [2.75, 3.05) is 18.4 Å². The molecule has 2 heterocycles. The molecule has 2 amide bonds. The van der Waals surface area contributed by atoms with E-state index in [4.69, 9.17) is 0 Å². The number of hydrogen-bond donors (Lipinski definition) is 4. The number of rotatable bonds is 2. The Kier molecular flexibility index (Phi) is 3.83. The summed E-state index contributed by atoms with van der Waals surface area (Å²) in [4.78, 5) is 11.8. The number of carbonyl (C=O) groups is 1. The Morgan fingerprint density at radius 3 is 3.06 bits per heavy atom. The van der Waals surface area contributed by atoms with Crippen LogP contribution in [-0.4, -0.2) is 46.2 Å². The molecule has 0 aromatic carbocycles. The Hall–Kier alpha value is -1.60. The summed E-state index contributed by atoms with van der Waals surface area (Å²) in [6.07, 6.45) is 1.90. The summed E-state index contributed by atoms with van der Waals surface area (Å²) in [6, 6.07) is -0.574. The van der Waals surface area contributed by atoms with Gasteiger partial charge in [-0.2, -0.15) is 5.10 Å². The summed E-state index contributed by atoms with van der Waals surface area (Å²) < 4.78 is 1.64. The highest BCUT2D eigenvalue weighted by Gasteiger charge is 2.24. The highest BCUT2D eigenvalue weighted by molar-refractivity contribution is 5.89. The van der Waals surface area contributed by atoms with Crippen molar-refractivity contribution in [1.29, 1.82) is 0 Å². The molecule has 1 saturated heterocycles. The van der Waals surface area contributed by atoms with Gasteiger partial charge < -0.3 is 21.1 Å². The van der Waals surface area contributed by atoms with Crippen molar-refractivity contribution in [1.82, 2.24) is 20.4 Å². The van der Waals surface area contributed by atoms with E-state index in [1.165, 1.54) is 0 Å². The predicted molar refractivity (Wildman–Crippen MR) is 67.4 cm³/mol. The van der Waals surface area contributed by atoms with Crippen LogP contribution >= 0.6 is 0 Å². The maximum atomic E-state index is 11.8. The van der Waals surface area contributed by atoms with Gasteiger partial charge in [-0.15, -0.1) is 0 Å². The van der Waals surface area contributed by atoms with Gasteiger partial charge in [0, 0.05) is 19.8 Å². The van der Waals surface area contributed by atoms with E-state index in [2.05, 4.69) is 21.0 Å². The smallest absolute Gasteiger partial charge is 0.319 e. The van der Waals surface area contributed by atoms with E-state index < -0.39 is 6.10 Å². The Morgan fingerprint density at radius 1 is 1.67 bits per heavy atom. The normalized spacial score (nSPS) is 23.7. The number of nitrogens with zero attached hydrogens (tertiary/aromatic N) is 2. The maximum absolute atomic E-state index is 11.8. The van der Waals surface area contributed by atoms with E-state index in [1.54, 1.807) is 17.9 Å². The van der Waals surface area contributed by atoms with Crippen LogP contribution < -0.4 is 16.0 Å². The molecule has 0 bridgehead atoms. The second-order valence-corrected chi connectivity index (χ2v) is 4.57. The fraction of sp³-hybridized carbons (Fsp3) is 0.636. The first-order chi connectivity index (χ1) is 8.56. The molecule has 1 aliphatic heterocycles. The van der Waals surface area contributed by atoms with Gasteiger partial charge >= 0.3 is 6.03 Å². The molecule has 1 fully saturated rings. The molecule has 1 aliphatic rings. The van der Waals surface area contributed by atoms with Crippen LogP contribution in [0.2, 0.25) is 0 Å². The fourth-order valence-electron chi connectivity index (χ4n) is 2.04. The zero-order chi connectivity index (χ0) is 13.1. The molecule has 0 aliphatic carbocycles. The summed E-state index contributed by atoms with van der Waals surface area (Å²) in [7, 11) is 1.80. The summed E-state index contributed by atoms with van der Waals surface area (Å²) >= 11 is 0. The zero-order valence-corrected chi connectivity index (χ0v) is 10.6. The Balaban J connectivity index is 1.90. The second-order valence-electron chi connectivity index (χ2n) is 4.57. The van der Waals surface area contributed by atoms with Crippen molar-refractivity contribution in [2.24, 2.45) is 7.05 Å². The molecule has 0 spiro atoms. The molecule has 18 heavy (non-hydrogen) atoms. The van der Waals surface area contributed by atoms with Gasteiger partial charge in [0.2, 0.25) is 0 Å². The van der Waals surface area contributed by atoms with E-state index in [1.807, 2.05) is 6.92 Å². The number of piperidine rings is 1. The quantitative estimate of drug-likeness (QED) is 0.576. The lowest BCUT2D eigenvalue weighted by atomic mass is 10.0. The first kappa shape index (κ1) is 12.8. The standard InChI is InChI=1S/C11H19N5O2/c1-7-9(6-16(2)15-7)14-11(18)13-8-5-12-4-3-10(8)17/h6,8,10,12,17H,3-5H2,1-2H3,(H2,13,14,18)/t8-,10-/m1/s1. The van der Waals surface area contributed by atoms with Crippen molar-refractivity contribution in [3.05, 3.63) is 11.9 Å². The molecule has 7 heteroatoms. The van der Waals surface area contributed by atoms with Crippen LogP contribution in [0.3, 0.4) is 0 Å². The molecule has 2 atom stereocenters. The summed E-state index contributed by atoms with van der Waals surface area (Å²) in [5.74, 6) is 0. The van der Waals surface area contributed by atoms with Crippen molar-refractivity contribution < 1.29 is 9.90 Å². The highest BCUT2D eigenvalue weighted by Crippen LogP contribution is 2.11. The van der Waals surface area contributed by atoms with Gasteiger partial charge in [-0.05, 0) is 19.9 Å². The van der Waals surface area contributed by atoms with Crippen molar-refractivity contribution in [3.63, 3.8) is 0 Å². The number of urea groups is 1. The molecule has 7 nitrogen and oxygen atoms in total. The number of aromatic nitrogens is 2. The summed E-state index contributed by atoms with van der Waals surface area (Å²) in [5, 5.41) is 22.5. The number of anilines is 1. The summed E-state index contributed by atoms with van der Waals surface area (Å²) in [6.45, 7) is 3.19. The SMILES string of the molecule is Cc1nn(C)cc1NC(=O)N[C@@H]1CNCC[C@H]1O. The average Bonchev–Trinajstić information content (AvgIpc) is 2.61. The third-order valence-electron chi connectivity index (χ3n) is 3.02. The van der Waals surface area contributed by atoms with Gasteiger partial charge in [-0.25, -0.2) is 4.79 Å². The lowest BCUT2D eigenvalue weighted by Crippen LogP contribution is -2.54. The van der Waals surface area contributed by atoms with E-state index in [0.717, 1.165) is 12.2 Å². The van der Waals surface area contributed by atoms with Crippen molar-refractivity contribution >= 4 is 11.7 Å². The third-order valence-corrected chi connectivity index (χ3v) is 3.02. The largest absolute Gasteiger partial charge is 0.391 e. The first-order valence-electron chi connectivity index (χ1n) is 6.03. The number of hydrogen-bond acceptors (Lipinski definition) is 4. The molecule has 100 valence electrons. The molecular formula is C11H19N5O2. The van der Waals surface area contributed by atoms with Crippen LogP contribution in [0.5, 0.6) is 0 Å². The minimum Gasteiger partial charge on any atom is -0.391 e. The van der Waals surface area contributed by atoms with Crippen LogP contribution in [-0.2, 0) is 7.05 Å². The van der Waals surface area contributed by atoms with E-state index in [-0.39, 0.29) is 12.1 Å². The first-order valence-corrected chi connectivity index (χ1v) is 6.03. The van der Waals surface area contributed by atoms with Crippen molar-refractivity contribution in [3.8, 4) is 0 Å². The number of aryl methyl sites for hydroxylation is 2. The predicted octanol–water partition coefficient (Wildman–Crippen LogP) is -0.427. The van der Waals surface area contributed by atoms with Crippen LogP contribution in [0.1, 0.15) is 12.1 Å². The minimum atomic E-state index is -0.494. The monoisotopic (exact) mass is 253 g/mol. The molecule has 1 aromatic heterocycles. The Bertz CT molecular complexity index is 431. The van der Waals surface area contributed by atoms with Gasteiger partial charge in [0.15, 0.2) is 0 Å². The third kappa shape index (κ3) is 2.99. The number of aliphatic hydroxyl groups excluding tert-OH is 1. The lowest BCUT2D eigenvalue weighted by molar-refractivity contribution is 0.103. The number of amides is 2. The molecule has 0 radical (unpaired) electrons. The molecule has 0 unspecified atom stereocenters. The van der Waals surface area contributed by atoms with Gasteiger partial charge in [-0.1, -0.05) is 0 Å². The second kappa shape index (κ2) is 5.36. The molecular weight excluding hydrogens is 234 g/mol. The fourth-order valence-corrected chi connectivity index (χ4v) is 2.04. The molecule has 4 N–H and O–H groups in total. The molecule has 2 rings (SSSR count).